The molecule has 0 bridgehead atoms. The van der Waals surface area contributed by atoms with Crippen LogP contribution in [-0.2, 0) is 20.8 Å². The topological polar surface area (TPSA) is 63.2 Å². The maximum absolute atomic E-state index is 13.9. The third-order valence-electron chi connectivity index (χ3n) is 4.53. The monoisotopic (exact) mass is 337 g/mol. The molecule has 6 heteroatoms. The summed E-state index contributed by atoms with van der Waals surface area (Å²) in [5, 5.41) is 2.94. The lowest BCUT2D eigenvalue weighted by Crippen LogP contribution is -2.39. The molecule has 1 aromatic rings. The first-order chi connectivity index (χ1) is 11.0. The third-order valence-corrected chi connectivity index (χ3v) is 4.76. The number of Topliss-reactive ketones (excluding diaryl/α,β-unsaturated/α-hetero) is 2. The van der Waals surface area contributed by atoms with Gasteiger partial charge < -0.3 is 5.32 Å². The molecule has 2 unspecified atom stereocenters. The van der Waals surface area contributed by atoms with Crippen molar-refractivity contribution in [2.24, 2.45) is 11.8 Å². The fraction of sp³-hybridized carbons (Fsp3) is 0.471. The van der Waals surface area contributed by atoms with Crippen molar-refractivity contribution in [2.45, 2.75) is 38.1 Å². The SMILES string of the molecule is O=C(NC1CC1)C(=O)C1CCC(=O)C1Cc1ccc(Cl)cc1F. The Bertz CT molecular complexity index is 672. The van der Waals surface area contributed by atoms with Crippen LogP contribution in [0.2, 0.25) is 5.02 Å². The van der Waals surface area contributed by atoms with E-state index in [-0.39, 0.29) is 29.7 Å². The van der Waals surface area contributed by atoms with Gasteiger partial charge in [-0.15, -0.1) is 0 Å². The Hall–Kier alpha value is -1.75. The second kappa shape index (κ2) is 6.40. The van der Waals surface area contributed by atoms with Crippen molar-refractivity contribution in [1.29, 1.82) is 0 Å². The molecule has 2 atom stereocenters. The van der Waals surface area contributed by atoms with Gasteiger partial charge in [0.25, 0.3) is 5.91 Å². The predicted molar refractivity (Wildman–Crippen MR) is 82.5 cm³/mol. The first-order valence-electron chi connectivity index (χ1n) is 7.77. The van der Waals surface area contributed by atoms with Gasteiger partial charge >= 0.3 is 0 Å². The van der Waals surface area contributed by atoms with E-state index in [1.165, 1.54) is 12.1 Å². The Morgan fingerprint density at radius 2 is 2.00 bits per heavy atom. The maximum Gasteiger partial charge on any atom is 0.287 e. The molecule has 23 heavy (non-hydrogen) atoms. The highest BCUT2D eigenvalue weighted by Crippen LogP contribution is 2.33. The van der Waals surface area contributed by atoms with Gasteiger partial charge in [-0.1, -0.05) is 17.7 Å². The molecule has 2 fully saturated rings. The molecular weight excluding hydrogens is 321 g/mol. The molecule has 0 aromatic heterocycles. The molecule has 2 saturated carbocycles. The van der Waals surface area contributed by atoms with Crippen LogP contribution in [0.4, 0.5) is 4.39 Å². The van der Waals surface area contributed by atoms with Gasteiger partial charge in [-0.25, -0.2) is 4.39 Å². The zero-order valence-corrected chi connectivity index (χ0v) is 13.2. The fourth-order valence-electron chi connectivity index (χ4n) is 3.06. The molecule has 2 aliphatic carbocycles. The molecular formula is C17H17ClFNO3. The molecule has 1 N–H and O–H groups in total. The molecule has 1 aromatic carbocycles. The van der Waals surface area contributed by atoms with Gasteiger partial charge in [-0.3, -0.25) is 14.4 Å². The molecule has 0 saturated heterocycles. The minimum atomic E-state index is -0.656. The lowest BCUT2D eigenvalue weighted by Gasteiger charge is -2.17. The molecule has 0 spiro atoms. The van der Waals surface area contributed by atoms with Gasteiger partial charge in [-0.05, 0) is 43.4 Å². The number of carbonyl (C=O) groups is 3. The van der Waals surface area contributed by atoms with Crippen molar-refractivity contribution in [2.75, 3.05) is 0 Å². The highest BCUT2D eigenvalue weighted by Gasteiger charge is 2.42. The number of amides is 1. The third kappa shape index (κ3) is 3.61. The van der Waals surface area contributed by atoms with E-state index < -0.39 is 29.3 Å². The first-order valence-corrected chi connectivity index (χ1v) is 8.15. The molecule has 1 amide bonds. The van der Waals surface area contributed by atoms with Gasteiger partial charge in [-0.2, -0.15) is 0 Å². The minimum absolute atomic E-state index is 0.0862. The Kier molecular flexibility index (Phi) is 4.48. The first kappa shape index (κ1) is 16.1. The van der Waals surface area contributed by atoms with E-state index >= 15 is 0 Å². The Labute approximate surface area is 138 Å². The van der Waals surface area contributed by atoms with Gasteiger partial charge in [0.15, 0.2) is 0 Å². The van der Waals surface area contributed by atoms with Crippen LogP contribution in [0.25, 0.3) is 0 Å². The van der Waals surface area contributed by atoms with E-state index in [1.807, 2.05) is 0 Å². The zero-order valence-electron chi connectivity index (χ0n) is 12.5. The molecule has 3 rings (SSSR count). The minimum Gasteiger partial charge on any atom is -0.347 e. The van der Waals surface area contributed by atoms with Gasteiger partial charge in [0.05, 0.1) is 0 Å². The standard InChI is InChI=1S/C17H17ClFNO3/c18-10-2-1-9(14(19)8-10)7-13-12(5-6-15(13)21)16(22)17(23)20-11-3-4-11/h1-2,8,11-13H,3-7H2,(H,20,23). The number of nitrogens with one attached hydrogen (secondary N) is 1. The number of hydrogen-bond acceptors (Lipinski definition) is 3. The van der Waals surface area contributed by atoms with E-state index in [2.05, 4.69) is 5.32 Å². The predicted octanol–water partition coefficient (Wildman–Crippen LogP) is 2.46. The number of benzene rings is 1. The molecule has 0 aliphatic heterocycles. The van der Waals surface area contributed by atoms with Crippen molar-refractivity contribution in [3.8, 4) is 0 Å². The van der Waals surface area contributed by atoms with Crippen molar-refractivity contribution < 1.29 is 18.8 Å². The van der Waals surface area contributed by atoms with Gasteiger partial charge in [0, 0.05) is 29.3 Å². The van der Waals surface area contributed by atoms with E-state index in [0.29, 0.717) is 12.0 Å². The van der Waals surface area contributed by atoms with Crippen molar-refractivity contribution in [1.82, 2.24) is 5.32 Å². The average molecular weight is 338 g/mol. The highest BCUT2D eigenvalue weighted by molar-refractivity contribution is 6.37. The Balaban J connectivity index is 1.73. The summed E-state index contributed by atoms with van der Waals surface area (Å²) >= 11 is 5.72. The fourth-order valence-corrected chi connectivity index (χ4v) is 3.21. The number of halogens is 2. The Morgan fingerprint density at radius 1 is 1.26 bits per heavy atom. The average Bonchev–Trinajstić information content (AvgIpc) is 3.24. The molecule has 4 nitrogen and oxygen atoms in total. The van der Waals surface area contributed by atoms with E-state index in [1.54, 1.807) is 6.07 Å². The lowest BCUT2D eigenvalue weighted by atomic mass is 9.86. The van der Waals surface area contributed by atoms with Crippen LogP contribution in [0.15, 0.2) is 18.2 Å². The van der Waals surface area contributed by atoms with Crippen LogP contribution in [0.1, 0.15) is 31.2 Å². The number of carbonyl (C=O) groups excluding carboxylic acids is 3. The zero-order chi connectivity index (χ0) is 16.6. The summed E-state index contributed by atoms with van der Waals surface area (Å²) in [7, 11) is 0. The van der Waals surface area contributed by atoms with Crippen LogP contribution < -0.4 is 5.32 Å². The quantitative estimate of drug-likeness (QED) is 0.839. The lowest BCUT2D eigenvalue weighted by molar-refractivity contribution is -0.141. The Morgan fingerprint density at radius 3 is 2.65 bits per heavy atom. The summed E-state index contributed by atoms with van der Waals surface area (Å²) in [5.74, 6) is -3.04. The van der Waals surface area contributed by atoms with Crippen LogP contribution in [-0.4, -0.2) is 23.5 Å². The molecule has 2 aliphatic rings. The van der Waals surface area contributed by atoms with Crippen molar-refractivity contribution >= 4 is 29.1 Å². The summed E-state index contributed by atoms with van der Waals surface area (Å²) in [5.41, 5.74) is 0.343. The number of hydrogen-bond donors (Lipinski definition) is 1. The van der Waals surface area contributed by atoms with E-state index in [4.69, 9.17) is 11.6 Å². The van der Waals surface area contributed by atoms with Crippen molar-refractivity contribution in [3.63, 3.8) is 0 Å². The molecule has 0 heterocycles. The molecule has 0 radical (unpaired) electrons. The summed E-state index contributed by atoms with van der Waals surface area (Å²) in [6, 6.07) is 4.36. The van der Waals surface area contributed by atoms with Crippen molar-refractivity contribution in [3.05, 3.63) is 34.6 Å². The second-order valence-electron chi connectivity index (χ2n) is 6.27. The van der Waals surface area contributed by atoms with Gasteiger partial charge in [0.1, 0.15) is 11.6 Å². The second-order valence-corrected chi connectivity index (χ2v) is 6.71. The summed E-state index contributed by atoms with van der Waals surface area (Å²) in [6.45, 7) is 0. The smallest absolute Gasteiger partial charge is 0.287 e. The van der Waals surface area contributed by atoms with E-state index in [0.717, 1.165) is 12.8 Å². The summed E-state index contributed by atoms with van der Waals surface area (Å²) < 4.78 is 13.9. The van der Waals surface area contributed by atoms with Gasteiger partial charge in [0.2, 0.25) is 5.78 Å². The normalized spacial score (nSPS) is 23.8. The van der Waals surface area contributed by atoms with Crippen LogP contribution in [0.5, 0.6) is 0 Å². The number of rotatable bonds is 5. The van der Waals surface area contributed by atoms with Crippen LogP contribution in [0, 0.1) is 17.7 Å². The largest absolute Gasteiger partial charge is 0.347 e. The highest BCUT2D eigenvalue weighted by atomic mass is 35.5. The summed E-state index contributed by atoms with van der Waals surface area (Å²) in [6.07, 6.45) is 2.52. The summed E-state index contributed by atoms with van der Waals surface area (Å²) in [4.78, 5) is 36.3. The van der Waals surface area contributed by atoms with Crippen LogP contribution in [0.3, 0.4) is 0 Å². The maximum atomic E-state index is 13.9. The molecule has 122 valence electrons. The van der Waals surface area contributed by atoms with Crippen LogP contribution >= 0.6 is 11.6 Å². The van der Waals surface area contributed by atoms with E-state index in [9.17, 15) is 18.8 Å². The number of ketones is 2.